The van der Waals surface area contributed by atoms with E-state index in [1.165, 1.54) is 4.90 Å². The molecule has 0 aromatic heterocycles. The fraction of sp³-hybridized carbons (Fsp3) is 0.450. The van der Waals surface area contributed by atoms with Gasteiger partial charge in [0.2, 0.25) is 17.7 Å². The third kappa shape index (κ3) is 3.36. The molecule has 1 heterocycles. The highest BCUT2D eigenvalue weighted by Gasteiger charge is 2.46. The maximum atomic E-state index is 12.4. The second-order valence-corrected chi connectivity index (χ2v) is 6.74. The van der Waals surface area contributed by atoms with E-state index in [1.807, 2.05) is 44.2 Å². The smallest absolute Gasteiger partial charge is 0.233 e. The van der Waals surface area contributed by atoms with Crippen molar-refractivity contribution in [2.45, 2.75) is 39.5 Å². The van der Waals surface area contributed by atoms with Crippen molar-refractivity contribution in [3.8, 4) is 0 Å². The molecule has 132 valence electrons. The summed E-state index contributed by atoms with van der Waals surface area (Å²) in [6.07, 6.45) is 6.14. The number of hydrogen-bond donors (Lipinski definition) is 1. The van der Waals surface area contributed by atoms with E-state index >= 15 is 0 Å². The van der Waals surface area contributed by atoms with E-state index in [4.69, 9.17) is 0 Å². The molecule has 1 saturated heterocycles. The molecule has 2 atom stereocenters. The number of amides is 3. The molecule has 2 aliphatic rings. The Hall–Kier alpha value is -2.43. The lowest BCUT2D eigenvalue weighted by molar-refractivity contribution is -0.140. The van der Waals surface area contributed by atoms with Crippen LogP contribution in [0.2, 0.25) is 0 Å². The minimum Gasteiger partial charge on any atom is -0.326 e. The number of anilines is 1. The van der Waals surface area contributed by atoms with Crippen LogP contribution in [0.5, 0.6) is 0 Å². The molecule has 5 heteroatoms. The zero-order valence-corrected chi connectivity index (χ0v) is 14.7. The first-order chi connectivity index (χ1) is 12.0. The number of aryl methyl sites for hydroxylation is 2. The van der Waals surface area contributed by atoms with E-state index < -0.39 is 0 Å². The predicted molar refractivity (Wildman–Crippen MR) is 95.9 cm³/mol. The van der Waals surface area contributed by atoms with Crippen LogP contribution in [0.25, 0.3) is 0 Å². The van der Waals surface area contributed by atoms with Crippen molar-refractivity contribution in [2.75, 3.05) is 11.9 Å². The summed E-state index contributed by atoms with van der Waals surface area (Å²) in [5.41, 5.74) is 2.93. The van der Waals surface area contributed by atoms with Gasteiger partial charge in [-0.15, -0.1) is 0 Å². The number of allylic oxidation sites excluding steroid dienone is 2. The summed E-state index contributed by atoms with van der Waals surface area (Å²) in [7, 11) is 0. The van der Waals surface area contributed by atoms with Crippen LogP contribution in [-0.4, -0.2) is 29.2 Å². The molecular formula is C20H24N2O3. The molecule has 0 saturated carbocycles. The van der Waals surface area contributed by atoms with Gasteiger partial charge in [-0.05, 0) is 37.3 Å². The van der Waals surface area contributed by atoms with E-state index in [9.17, 15) is 14.4 Å². The Morgan fingerprint density at radius 2 is 1.80 bits per heavy atom. The van der Waals surface area contributed by atoms with Gasteiger partial charge in [-0.25, -0.2) is 0 Å². The lowest BCUT2D eigenvalue weighted by Crippen LogP contribution is -2.34. The molecule has 0 radical (unpaired) electrons. The molecule has 5 nitrogen and oxygen atoms in total. The molecule has 1 fully saturated rings. The lowest BCUT2D eigenvalue weighted by Gasteiger charge is -2.16. The minimum absolute atomic E-state index is 0.127. The van der Waals surface area contributed by atoms with Crippen molar-refractivity contribution in [1.29, 1.82) is 0 Å². The first-order valence-corrected chi connectivity index (χ1v) is 8.91. The molecule has 1 aliphatic heterocycles. The van der Waals surface area contributed by atoms with E-state index in [2.05, 4.69) is 5.32 Å². The Labute approximate surface area is 148 Å². The number of nitrogens with one attached hydrogen (secondary N) is 1. The zero-order valence-electron chi connectivity index (χ0n) is 14.7. The highest BCUT2D eigenvalue weighted by atomic mass is 16.2. The Morgan fingerprint density at radius 1 is 1.16 bits per heavy atom. The molecule has 1 N–H and O–H groups in total. The maximum Gasteiger partial charge on any atom is 0.233 e. The topological polar surface area (TPSA) is 66.5 Å². The first kappa shape index (κ1) is 17.4. The Bertz CT molecular complexity index is 712. The number of carbonyl (C=O) groups excluding carboxylic acids is 3. The summed E-state index contributed by atoms with van der Waals surface area (Å²) in [4.78, 5) is 38.5. The van der Waals surface area contributed by atoms with Gasteiger partial charge in [-0.1, -0.05) is 37.3 Å². The molecule has 0 spiro atoms. The fourth-order valence-corrected chi connectivity index (χ4v) is 3.71. The third-order valence-electron chi connectivity index (χ3n) is 5.17. The number of carbonyl (C=O) groups is 3. The number of imide groups is 1. The standard InChI is InChI=1S/C20H24N2O3/c1-3-14-8-6-7-13(2)18(14)21-17(23)11-12-22-19(24)15-9-4-5-10-16(15)20(22)25/h4-8,15-16H,3,9-12H2,1-2H3,(H,21,23)/t15-,16-/m1/s1. The van der Waals surface area contributed by atoms with Crippen molar-refractivity contribution in [2.24, 2.45) is 11.8 Å². The number of benzene rings is 1. The van der Waals surface area contributed by atoms with Gasteiger partial charge in [0.25, 0.3) is 0 Å². The fourth-order valence-electron chi connectivity index (χ4n) is 3.71. The Balaban J connectivity index is 1.62. The quantitative estimate of drug-likeness (QED) is 0.662. The summed E-state index contributed by atoms with van der Waals surface area (Å²) in [5.74, 6) is -0.889. The zero-order chi connectivity index (χ0) is 18.0. The van der Waals surface area contributed by atoms with Crippen LogP contribution in [0, 0.1) is 18.8 Å². The summed E-state index contributed by atoms with van der Waals surface area (Å²) < 4.78 is 0. The van der Waals surface area contributed by atoms with Crippen molar-refractivity contribution in [3.05, 3.63) is 41.5 Å². The van der Waals surface area contributed by atoms with Gasteiger partial charge < -0.3 is 5.32 Å². The van der Waals surface area contributed by atoms with E-state index in [-0.39, 0.29) is 42.5 Å². The van der Waals surface area contributed by atoms with Crippen molar-refractivity contribution in [1.82, 2.24) is 4.90 Å². The summed E-state index contributed by atoms with van der Waals surface area (Å²) in [6.45, 7) is 4.16. The average molecular weight is 340 g/mol. The third-order valence-corrected chi connectivity index (χ3v) is 5.17. The van der Waals surface area contributed by atoms with Gasteiger partial charge in [0.15, 0.2) is 0 Å². The number of rotatable bonds is 5. The highest BCUT2D eigenvalue weighted by molar-refractivity contribution is 6.06. The molecule has 1 aromatic carbocycles. The van der Waals surface area contributed by atoms with Gasteiger partial charge in [0.1, 0.15) is 0 Å². The molecule has 3 amide bonds. The molecule has 25 heavy (non-hydrogen) atoms. The second-order valence-electron chi connectivity index (χ2n) is 6.74. The SMILES string of the molecule is CCc1cccc(C)c1NC(=O)CCN1C(=O)[C@@H]2CC=CC[C@H]2C1=O. The van der Waals surface area contributed by atoms with Crippen LogP contribution in [0.4, 0.5) is 5.69 Å². The molecule has 1 aromatic rings. The van der Waals surface area contributed by atoms with Crippen LogP contribution in [0.3, 0.4) is 0 Å². The second kappa shape index (κ2) is 7.21. The minimum atomic E-state index is -0.233. The molecule has 3 rings (SSSR count). The van der Waals surface area contributed by atoms with Crippen LogP contribution in [0.15, 0.2) is 30.4 Å². The van der Waals surface area contributed by atoms with Crippen LogP contribution < -0.4 is 5.32 Å². The highest BCUT2D eigenvalue weighted by Crippen LogP contribution is 2.35. The van der Waals surface area contributed by atoms with Crippen molar-refractivity contribution in [3.63, 3.8) is 0 Å². The van der Waals surface area contributed by atoms with Gasteiger partial charge in [-0.3, -0.25) is 19.3 Å². The molecule has 0 unspecified atom stereocenters. The van der Waals surface area contributed by atoms with Gasteiger partial charge in [-0.2, -0.15) is 0 Å². The summed E-state index contributed by atoms with van der Waals surface area (Å²) in [6, 6.07) is 5.93. The Morgan fingerprint density at radius 3 is 2.40 bits per heavy atom. The lowest BCUT2D eigenvalue weighted by atomic mass is 9.85. The average Bonchev–Trinajstić information content (AvgIpc) is 2.86. The maximum absolute atomic E-state index is 12.4. The van der Waals surface area contributed by atoms with E-state index in [0.29, 0.717) is 12.8 Å². The monoisotopic (exact) mass is 340 g/mol. The molecular weight excluding hydrogens is 316 g/mol. The van der Waals surface area contributed by atoms with Gasteiger partial charge in [0, 0.05) is 18.7 Å². The summed E-state index contributed by atoms with van der Waals surface area (Å²) in [5, 5.41) is 2.95. The number of likely N-dealkylation sites (tertiary alicyclic amines) is 1. The van der Waals surface area contributed by atoms with Crippen molar-refractivity contribution < 1.29 is 14.4 Å². The first-order valence-electron chi connectivity index (χ1n) is 8.91. The molecule has 1 aliphatic carbocycles. The largest absolute Gasteiger partial charge is 0.326 e. The van der Waals surface area contributed by atoms with Crippen LogP contribution in [-0.2, 0) is 20.8 Å². The van der Waals surface area contributed by atoms with Gasteiger partial charge in [0.05, 0.1) is 11.8 Å². The number of para-hydroxylation sites is 1. The van der Waals surface area contributed by atoms with Crippen molar-refractivity contribution >= 4 is 23.4 Å². The van der Waals surface area contributed by atoms with Crippen LogP contribution >= 0.6 is 0 Å². The van der Waals surface area contributed by atoms with E-state index in [1.54, 1.807) is 0 Å². The number of fused-ring (bicyclic) bond motifs is 1. The van der Waals surface area contributed by atoms with Crippen LogP contribution in [0.1, 0.15) is 37.3 Å². The normalized spacial score (nSPS) is 22.2. The molecule has 0 bridgehead atoms. The van der Waals surface area contributed by atoms with Gasteiger partial charge >= 0.3 is 0 Å². The summed E-state index contributed by atoms with van der Waals surface area (Å²) >= 11 is 0. The number of hydrogen-bond acceptors (Lipinski definition) is 3. The van der Waals surface area contributed by atoms with E-state index in [0.717, 1.165) is 23.2 Å². The predicted octanol–water partition coefficient (Wildman–Crippen LogP) is 2.84. The number of nitrogens with zero attached hydrogens (tertiary/aromatic N) is 1. The Kier molecular flexibility index (Phi) is 5.02.